The van der Waals surface area contributed by atoms with E-state index in [2.05, 4.69) is 16.2 Å². The summed E-state index contributed by atoms with van der Waals surface area (Å²) in [6.45, 7) is 0.385. The number of phenols is 1. The van der Waals surface area contributed by atoms with E-state index in [1.54, 1.807) is 24.0 Å². The van der Waals surface area contributed by atoms with Gasteiger partial charge >= 0.3 is 0 Å². The molecule has 1 atom stereocenters. The van der Waals surface area contributed by atoms with Crippen LogP contribution in [0.2, 0.25) is 0 Å². The lowest BCUT2D eigenvalue weighted by molar-refractivity contribution is -0.109. The van der Waals surface area contributed by atoms with Gasteiger partial charge in [-0.25, -0.2) is 0 Å². The molecule has 0 saturated heterocycles. The number of benzene rings is 1. The van der Waals surface area contributed by atoms with Gasteiger partial charge in [0.05, 0.1) is 12.6 Å². The van der Waals surface area contributed by atoms with Gasteiger partial charge in [-0.2, -0.15) is 11.8 Å². The summed E-state index contributed by atoms with van der Waals surface area (Å²) in [5.41, 5.74) is 1.69. The van der Waals surface area contributed by atoms with E-state index in [4.69, 9.17) is 6.42 Å². The van der Waals surface area contributed by atoms with Crippen LogP contribution in [-0.4, -0.2) is 34.7 Å². The SMILES string of the molecule is C#CCN[C@@H](C=O)CSCc1ccc(O)c2ncccc12. The quantitative estimate of drug-likeness (QED) is 0.604. The maximum absolute atomic E-state index is 10.9. The summed E-state index contributed by atoms with van der Waals surface area (Å²) < 4.78 is 0. The van der Waals surface area contributed by atoms with Crippen molar-refractivity contribution < 1.29 is 9.90 Å². The Morgan fingerprint density at radius 2 is 2.33 bits per heavy atom. The largest absolute Gasteiger partial charge is 0.506 e. The first-order valence-electron chi connectivity index (χ1n) is 6.51. The number of aldehydes is 1. The minimum Gasteiger partial charge on any atom is -0.506 e. The second kappa shape index (κ2) is 7.67. The number of hydrogen-bond acceptors (Lipinski definition) is 5. The molecule has 0 aliphatic heterocycles. The molecule has 0 spiro atoms. The Hall–Kier alpha value is -2.03. The van der Waals surface area contributed by atoms with Crippen LogP contribution < -0.4 is 5.32 Å². The first-order valence-corrected chi connectivity index (χ1v) is 7.67. The third-order valence-corrected chi connectivity index (χ3v) is 4.13. The molecular weight excluding hydrogens is 284 g/mol. The number of hydrogen-bond donors (Lipinski definition) is 2. The lowest BCUT2D eigenvalue weighted by atomic mass is 10.1. The molecule has 2 aromatic rings. The van der Waals surface area contributed by atoms with Crippen LogP contribution in [0.5, 0.6) is 5.75 Å². The zero-order chi connectivity index (χ0) is 15.1. The van der Waals surface area contributed by atoms with Gasteiger partial charge in [-0.15, -0.1) is 6.42 Å². The summed E-state index contributed by atoms with van der Waals surface area (Å²) in [5, 5.41) is 13.7. The molecule has 0 bridgehead atoms. The Morgan fingerprint density at radius 3 is 3.10 bits per heavy atom. The molecule has 0 unspecified atom stereocenters. The van der Waals surface area contributed by atoms with Crippen LogP contribution >= 0.6 is 11.8 Å². The number of rotatable bonds is 7. The molecule has 21 heavy (non-hydrogen) atoms. The number of fused-ring (bicyclic) bond motifs is 1. The molecular formula is C16H16N2O2S. The minimum atomic E-state index is -0.243. The Kier molecular flexibility index (Phi) is 5.61. The third-order valence-electron chi connectivity index (χ3n) is 3.02. The number of pyridine rings is 1. The summed E-state index contributed by atoms with van der Waals surface area (Å²) in [6, 6.07) is 7.08. The normalized spacial score (nSPS) is 12.0. The highest BCUT2D eigenvalue weighted by atomic mass is 32.2. The van der Waals surface area contributed by atoms with Gasteiger partial charge in [-0.1, -0.05) is 18.1 Å². The number of carbonyl (C=O) groups is 1. The smallest absolute Gasteiger partial charge is 0.141 e. The first kappa shape index (κ1) is 15.4. The predicted octanol–water partition coefficient (Wildman–Crippen LogP) is 1.96. The number of thioether (sulfide) groups is 1. The molecule has 1 aromatic carbocycles. The van der Waals surface area contributed by atoms with Crippen molar-refractivity contribution in [2.24, 2.45) is 0 Å². The average molecular weight is 300 g/mol. The summed E-state index contributed by atoms with van der Waals surface area (Å²) in [7, 11) is 0. The summed E-state index contributed by atoms with van der Waals surface area (Å²) >= 11 is 1.64. The van der Waals surface area contributed by atoms with Crippen molar-refractivity contribution in [1.82, 2.24) is 10.3 Å². The molecule has 2 N–H and O–H groups in total. The Morgan fingerprint density at radius 1 is 1.48 bits per heavy atom. The van der Waals surface area contributed by atoms with Crippen molar-refractivity contribution in [3.8, 4) is 18.1 Å². The van der Waals surface area contributed by atoms with E-state index in [1.807, 2.05) is 18.2 Å². The number of carbonyl (C=O) groups excluding carboxylic acids is 1. The second-order valence-corrected chi connectivity index (χ2v) is 5.52. The molecule has 0 fully saturated rings. The van der Waals surface area contributed by atoms with Crippen LogP contribution in [0.4, 0.5) is 0 Å². The van der Waals surface area contributed by atoms with Crippen molar-refractivity contribution in [1.29, 1.82) is 0 Å². The summed E-state index contributed by atoms with van der Waals surface area (Å²) in [6.07, 6.45) is 7.70. The van der Waals surface area contributed by atoms with E-state index in [-0.39, 0.29) is 11.8 Å². The van der Waals surface area contributed by atoms with Crippen LogP contribution in [0.15, 0.2) is 30.5 Å². The van der Waals surface area contributed by atoms with E-state index in [9.17, 15) is 9.90 Å². The summed E-state index contributed by atoms with van der Waals surface area (Å²) in [4.78, 5) is 15.1. The lowest BCUT2D eigenvalue weighted by Crippen LogP contribution is -2.33. The van der Waals surface area contributed by atoms with Crippen molar-refractivity contribution >= 4 is 29.0 Å². The number of nitrogens with zero attached hydrogens (tertiary/aromatic N) is 1. The fraction of sp³-hybridized carbons (Fsp3) is 0.250. The summed E-state index contributed by atoms with van der Waals surface area (Å²) in [5.74, 6) is 4.02. The molecule has 108 valence electrons. The highest BCUT2D eigenvalue weighted by molar-refractivity contribution is 7.98. The van der Waals surface area contributed by atoms with Crippen molar-refractivity contribution in [2.75, 3.05) is 12.3 Å². The molecule has 1 aromatic heterocycles. The van der Waals surface area contributed by atoms with Crippen molar-refractivity contribution in [3.05, 3.63) is 36.0 Å². The van der Waals surface area contributed by atoms with Crippen LogP contribution in [0.25, 0.3) is 10.9 Å². The number of terminal acetylenes is 1. The molecule has 0 saturated carbocycles. The fourth-order valence-electron chi connectivity index (χ4n) is 1.97. The first-order chi connectivity index (χ1) is 10.3. The monoisotopic (exact) mass is 300 g/mol. The van der Waals surface area contributed by atoms with Gasteiger partial charge in [0.25, 0.3) is 0 Å². The van der Waals surface area contributed by atoms with Crippen LogP contribution in [0.1, 0.15) is 5.56 Å². The molecule has 5 heteroatoms. The van der Waals surface area contributed by atoms with Gasteiger partial charge in [0, 0.05) is 23.1 Å². The molecule has 4 nitrogen and oxygen atoms in total. The number of phenolic OH excluding ortho intramolecular Hbond substituents is 1. The van der Waals surface area contributed by atoms with E-state index in [0.29, 0.717) is 17.8 Å². The third kappa shape index (κ3) is 3.97. The lowest BCUT2D eigenvalue weighted by Gasteiger charge is -2.11. The second-order valence-electron chi connectivity index (χ2n) is 4.49. The standard InChI is InChI=1S/C16H16N2O2S/c1-2-7-17-13(9-19)11-21-10-12-5-6-15(20)16-14(12)4-3-8-18-16/h1,3-6,8-9,13,17,20H,7,10-11H2/t13-/m0/s1. The van der Waals surface area contributed by atoms with Gasteiger partial charge in [0.15, 0.2) is 0 Å². The van der Waals surface area contributed by atoms with Gasteiger partial charge in [-0.3, -0.25) is 10.3 Å². The molecule has 0 amide bonds. The zero-order valence-electron chi connectivity index (χ0n) is 11.5. The molecule has 0 aliphatic rings. The van der Waals surface area contributed by atoms with E-state index in [1.165, 1.54) is 0 Å². The molecule has 0 aliphatic carbocycles. The molecule has 2 rings (SSSR count). The van der Waals surface area contributed by atoms with Crippen molar-refractivity contribution in [2.45, 2.75) is 11.8 Å². The highest BCUT2D eigenvalue weighted by Crippen LogP contribution is 2.27. The average Bonchev–Trinajstić information content (AvgIpc) is 2.53. The van der Waals surface area contributed by atoms with Crippen LogP contribution in [-0.2, 0) is 10.5 Å². The Bertz CT molecular complexity index is 667. The maximum Gasteiger partial charge on any atom is 0.141 e. The van der Waals surface area contributed by atoms with Crippen LogP contribution in [0.3, 0.4) is 0 Å². The minimum absolute atomic E-state index is 0.181. The van der Waals surface area contributed by atoms with E-state index < -0.39 is 0 Å². The molecule has 1 heterocycles. The number of aromatic nitrogens is 1. The number of aromatic hydroxyl groups is 1. The molecule has 0 radical (unpaired) electrons. The maximum atomic E-state index is 10.9. The van der Waals surface area contributed by atoms with Crippen molar-refractivity contribution in [3.63, 3.8) is 0 Å². The topological polar surface area (TPSA) is 62.2 Å². The van der Waals surface area contributed by atoms with Gasteiger partial charge in [0.2, 0.25) is 0 Å². The fourth-order valence-corrected chi connectivity index (χ4v) is 3.01. The van der Waals surface area contributed by atoms with E-state index >= 15 is 0 Å². The van der Waals surface area contributed by atoms with Gasteiger partial charge in [0.1, 0.15) is 17.6 Å². The number of nitrogens with one attached hydrogen (secondary N) is 1. The van der Waals surface area contributed by atoms with Gasteiger partial charge < -0.3 is 9.90 Å². The predicted molar refractivity (Wildman–Crippen MR) is 86.3 cm³/mol. The van der Waals surface area contributed by atoms with E-state index in [0.717, 1.165) is 23.0 Å². The Balaban J connectivity index is 2.02. The Labute approximate surface area is 128 Å². The zero-order valence-corrected chi connectivity index (χ0v) is 12.3. The highest BCUT2D eigenvalue weighted by Gasteiger charge is 2.09. The van der Waals surface area contributed by atoms with Gasteiger partial charge in [-0.05, 0) is 17.7 Å². The van der Waals surface area contributed by atoms with Crippen LogP contribution in [0, 0.1) is 12.3 Å².